The minimum Gasteiger partial charge on any atom is -0.473 e. The van der Waals surface area contributed by atoms with Crippen LogP contribution in [0.5, 0.6) is 5.88 Å². The number of nitro groups is 1. The molecule has 3 aromatic rings. The number of hydrogen-bond acceptors (Lipinski definition) is 7. The summed E-state index contributed by atoms with van der Waals surface area (Å²) in [5.41, 5.74) is 3.11. The zero-order chi connectivity index (χ0) is 24.4. The molecular weight excluding hydrogens is 438 g/mol. The number of rotatable bonds is 5. The fraction of sp³-hybridized carbons (Fsp3) is 0.391. The second kappa shape index (κ2) is 9.46. The molecule has 0 spiro atoms. The molecule has 11 heteroatoms. The van der Waals surface area contributed by atoms with Crippen molar-refractivity contribution in [1.29, 1.82) is 5.41 Å². The van der Waals surface area contributed by atoms with Gasteiger partial charge in [0.2, 0.25) is 5.88 Å². The van der Waals surface area contributed by atoms with Crippen LogP contribution in [0, 0.1) is 21.4 Å². The number of carbonyl (C=O) groups excluding carboxylic acids is 1. The van der Waals surface area contributed by atoms with Crippen LogP contribution in [0.1, 0.15) is 26.7 Å². The fourth-order valence-electron chi connectivity index (χ4n) is 3.93. The Balaban J connectivity index is 1.48. The minimum atomic E-state index is -0.426. The molecule has 2 aromatic heterocycles. The van der Waals surface area contributed by atoms with E-state index in [1.165, 1.54) is 18.5 Å². The Labute approximate surface area is 196 Å². The van der Waals surface area contributed by atoms with Gasteiger partial charge in [-0.15, -0.1) is 0 Å². The first kappa shape index (κ1) is 23.1. The summed E-state index contributed by atoms with van der Waals surface area (Å²) in [6, 6.07) is 6.10. The Hall–Kier alpha value is -4.02. The van der Waals surface area contributed by atoms with Gasteiger partial charge in [-0.3, -0.25) is 20.8 Å². The molecule has 0 radical (unpaired) electrons. The van der Waals surface area contributed by atoms with E-state index in [0.717, 1.165) is 16.6 Å². The lowest BCUT2D eigenvalue weighted by Crippen LogP contribution is -2.48. The van der Waals surface area contributed by atoms with E-state index in [1.54, 1.807) is 17.0 Å². The van der Waals surface area contributed by atoms with Gasteiger partial charge in [-0.05, 0) is 17.7 Å². The van der Waals surface area contributed by atoms with E-state index in [1.807, 2.05) is 31.7 Å². The van der Waals surface area contributed by atoms with Crippen molar-refractivity contribution in [2.75, 3.05) is 13.1 Å². The maximum atomic E-state index is 12.4. The predicted molar refractivity (Wildman–Crippen MR) is 127 cm³/mol. The standard InChI is InChI=1S/C23H27N7O4/c1-14(2)21(24)27-23(31)29-10-8-17(9-11-29)34-22-20-19(25-13-26-22)18(12-28(20)3)15-4-6-16(7-5-15)30(32)33/h4-7,12-14,17H,8-11H2,1-3H3,(H2,24,27,31). The van der Waals surface area contributed by atoms with Gasteiger partial charge < -0.3 is 14.2 Å². The number of nitrogens with one attached hydrogen (secondary N) is 2. The van der Waals surface area contributed by atoms with Crippen LogP contribution >= 0.6 is 0 Å². The van der Waals surface area contributed by atoms with E-state index in [9.17, 15) is 14.9 Å². The number of amidine groups is 1. The molecule has 0 aliphatic carbocycles. The number of hydrogen-bond donors (Lipinski definition) is 2. The molecule has 3 heterocycles. The van der Waals surface area contributed by atoms with Gasteiger partial charge in [-0.2, -0.15) is 4.98 Å². The number of piperidine rings is 1. The van der Waals surface area contributed by atoms with Crippen molar-refractivity contribution in [1.82, 2.24) is 24.8 Å². The predicted octanol–water partition coefficient (Wildman–Crippen LogP) is 3.73. The summed E-state index contributed by atoms with van der Waals surface area (Å²) in [5, 5.41) is 21.4. The third kappa shape index (κ3) is 4.68. The zero-order valence-corrected chi connectivity index (χ0v) is 19.3. The van der Waals surface area contributed by atoms with Crippen LogP contribution in [0.25, 0.3) is 22.2 Å². The monoisotopic (exact) mass is 465 g/mol. The molecule has 1 saturated heterocycles. The number of carbonyl (C=O) groups is 1. The third-order valence-electron chi connectivity index (χ3n) is 5.93. The number of urea groups is 1. The summed E-state index contributed by atoms with van der Waals surface area (Å²) >= 11 is 0. The lowest BCUT2D eigenvalue weighted by molar-refractivity contribution is -0.384. The number of fused-ring (bicyclic) bond motifs is 1. The van der Waals surface area contributed by atoms with Crippen molar-refractivity contribution in [3.63, 3.8) is 0 Å². The molecule has 1 aliphatic rings. The van der Waals surface area contributed by atoms with Gasteiger partial charge in [-0.1, -0.05) is 13.8 Å². The Morgan fingerprint density at radius 2 is 1.91 bits per heavy atom. The summed E-state index contributed by atoms with van der Waals surface area (Å²) in [6.45, 7) is 4.78. The quantitative estimate of drug-likeness (QED) is 0.255. The van der Waals surface area contributed by atoms with Crippen LogP contribution in [0.2, 0.25) is 0 Å². The van der Waals surface area contributed by atoms with Crippen molar-refractivity contribution in [3.05, 3.63) is 46.9 Å². The van der Waals surface area contributed by atoms with Crippen molar-refractivity contribution >= 4 is 28.6 Å². The molecule has 0 unspecified atom stereocenters. The SMILES string of the molecule is CC(C)C(=N)NC(=O)N1CCC(Oc2ncnc3c(-c4ccc([N+](=O)[O-])cc4)cn(C)c23)CC1. The molecule has 0 saturated carbocycles. The lowest BCUT2D eigenvalue weighted by atomic mass is 10.1. The Kier molecular flexibility index (Phi) is 6.44. The van der Waals surface area contributed by atoms with E-state index in [4.69, 9.17) is 10.1 Å². The van der Waals surface area contributed by atoms with E-state index in [-0.39, 0.29) is 29.6 Å². The highest BCUT2D eigenvalue weighted by atomic mass is 16.6. The molecule has 0 bridgehead atoms. The number of aryl methyl sites for hydroxylation is 1. The van der Waals surface area contributed by atoms with Crippen molar-refractivity contribution in [2.45, 2.75) is 32.8 Å². The van der Waals surface area contributed by atoms with E-state index >= 15 is 0 Å². The number of non-ortho nitro benzene ring substituents is 1. The van der Waals surface area contributed by atoms with Crippen LogP contribution < -0.4 is 10.1 Å². The highest BCUT2D eigenvalue weighted by Crippen LogP contribution is 2.34. The van der Waals surface area contributed by atoms with E-state index < -0.39 is 4.92 Å². The topological polar surface area (TPSA) is 139 Å². The molecule has 0 atom stereocenters. The number of amides is 2. The molecular formula is C23H27N7O4. The second-order valence-corrected chi connectivity index (χ2v) is 8.64. The summed E-state index contributed by atoms with van der Waals surface area (Å²) in [7, 11) is 1.88. The van der Waals surface area contributed by atoms with Crippen molar-refractivity contribution in [2.24, 2.45) is 13.0 Å². The summed E-state index contributed by atoms with van der Waals surface area (Å²) in [4.78, 5) is 33.4. The Bertz CT molecular complexity index is 1230. The molecule has 1 aromatic carbocycles. The normalized spacial score (nSPS) is 14.4. The van der Waals surface area contributed by atoms with Crippen LogP contribution in [0.4, 0.5) is 10.5 Å². The van der Waals surface area contributed by atoms with E-state index in [0.29, 0.717) is 37.3 Å². The maximum absolute atomic E-state index is 12.4. The molecule has 2 amide bonds. The summed E-state index contributed by atoms with van der Waals surface area (Å²) in [6.07, 6.45) is 4.54. The van der Waals surface area contributed by atoms with Crippen LogP contribution in [0.15, 0.2) is 36.8 Å². The van der Waals surface area contributed by atoms with Gasteiger partial charge in [0, 0.05) is 62.8 Å². The van der Waals surface area contributed by atoms with Gasteiger partial charge in [-0.25, -0.2) is 9.78 Å². The van der Waals surface area contributed by atoms with Crippen LogP contribution in [-0.2, 0) is 7.05 Å². The van der Waals surface area contributed by atoms with Gasteiger partial charge >= 0.3 is 6.03 Å². The lowest BCUT2D eigenvalue weighted by Gasteiger charge is -2.32. The zero-order valence-electron chi connectivity index (χ0n) is 19.3. The average Bonchev–Trinajstić information content (AvgIpc) is 3.17. The Morgan fingerprint density at radius 3 is 2.53 bits per heavy atom. The first-order valence-electron chi connectivity index (χ1n) is 11.1. The van der Waals surface area contributed by atoms with Gasteiger partial charge in [0.25, 0.3) is 5.69 Å². The fourth-order valence-corrected chi connectivity index (χ4v) is 3.93. The van der Waals surface area contributed by atoms with Crippen LogP contribution in [0.3, 0.4) is 0 Å². The smallest absolute Gasteiger partial charge is 0.322 e. The van der Waals surface area contributed by atoms with Crippen LogP contribution in [-0.4, -0.2) is 55.4 Å². The van der Waals surface area contributed by atoms with Crippen molar-refractivity contribution in [3.8, 4) is 17.0 Å². The molecule has 2 N–H and O–H groups in total. The van der Waals surface area contributed by atoms with Gasteiger partial charge in [0.15, 0.2) is 0 Å². The molecule has 34 heavy (non-hydrogen) atoms. The summed E-state index contributed by atoms with van der Waals surface area (Å²) < 4.78 is 8.13. The highest BCUT2D eigenvalue weighted by molar-refractivity contribution is 5.97. The van der Waals surface area contributed by atoms with E-state index in [2.05, 4.69) is 15.3 Å². The third-order valence-corrected chi connectivity index (χ3v) is 5.93. The first-order chi connectivity index (χ1) is 16.2. The number of nitrogens with zero attached hydrogens (tertiary/aromatic N) is 5. The second-order valence-electron chi connectivity index (χ2n) is 8.64. The number of aromatic nitrogens is 3. The molecule has 4 rings (SSSR count). The molecule has 178 valence electrons. The molecule has 1 fully saturated rings. The number of ether oxygens (including phenoxy) is 1. The number of benzene rings is 1. The maximum Gasteiger partial charge on any atom is 0.322 e. The Morgan fingerprint density at radius 1 is 1.24 bits per heavy atom. The number of likely N-dealkylation sites (tertiary alicyclic amines) is 1. The van der Waals surface area contributed by atoms with Crippen molar-refractivity contribution < 1.29 is 14.5 Å². The number of nitro benzene ring substituents is 1. The van der Waals surface area contributed by atoms with Gasteiger partial charge in [0.1, 0.15) is 29.3 Å². The molecule has 1 aliphatic heterocycles. The highest BCUT2D eigenvalue weighted by Gasteiger charge is 2.26. The average molecular weight is 466 g/mol. The molecule has 11 nitrogen and oxygen atoms in total. The first-order valence-corrected chi connectivity index (χ1v) is 11.1. The summed E-state index contributed by atoms with van der Waals surface area (Å²) in [5.74, 6) is 0.635. The van der Waals surface area contributed by atoms with Gasteiger partial charge in [0.05, 0.1) is 4.92 Å². The largest absolute Gasteiger partial charge is 0.473 e. The minimum absolute atomic E-state index is 0.0312.